The number of ether oxygens (including phenoxy) is 1. The smallest absolute Gasteiger partial charge is 0.355 e. The van der Waals surface area contributed by atoms with Gasteiger partial charge in [-0.15, -0.1) is 0 Å². The number of Topliss-reactive ketones (excluding diaryl/α,β-unsaturated/α-hetero) is 1. The van der Waals surface area contributed by atoms with Crippen LogP contribution in [0.3, 0.4) is 0 Å². The molecule has 0 fully saturated rings. The third-order valence-corrected chi connectivity index (χ3v) is 4.29. The third-order valence-electron chi connectivity index (χ3n) is 4.29. The SMILES string of the molecule is CC(=O)N/C(=C\c1ccccc1)C(=O)OCC(=O)c1ccc(-c2ccccc2)cc1. The number of rotatable bonds is 7. The molecule has 0 heterocycles. The van der Waals surface area contributed by atoms with Gasteiger partial charge in [0, 0.05) is 12.5 Å². The number of ketones is 1. The van der Waals surface area contributed by atoms with Crippen LogP contribution in [-0.2, 0) is 14.3 Å². The maximum Gasteiger partial charge on any atom is 0.355 e. The standard InChI is InChI=1S/C25H21NO4/c1-18(27)26-23(16-19-8-4-2-5-9-19)25(29)30-17-24(28)22-14-12-21(13-15-22)20-10-6-3-7-11-20/h2-16H,17H2,1H3,(H,26,27)/b23-16-. The molecule has 1 amide bonds. The topological polar surface area (TPSA) is 72.5 Å². The van der Waals surface area contributed by atoms with E-state index in [4.69, 9.17) is 4.74 Å². The first-order chi connectivity index (χ1) is 14.5. The van der Waals surface area contributed by atoms with Gasteiger partial charge in [-0.3, -0.25) is 9.59 Å². The highest BCUT2D eigenvalue weighted by Gasteiger charge is 2.16. The molecule has 0 radical (unpaired) electrons. The Hall–Kier alpha value is -3.99. The van der Waals surface area contributed by atoms with Crippen LogP contribution in [-0.4, -0.2) is 24.3 Å². The van der Waals surface area contributed by atoms with Gasteiger partial charge in [0.05, 0.1) is 0 Å². The Bertz CT molecular complexity index is 1060. The van der Waals surface area contributed by atoms with Crippen LogP contribution in [0.4, 0.5) is 0 Å². The molecule has 0 aliphatic carbocycles. The van der Waals surface area contributed by atoms with E-state index in [9.17, 15) is 14.4 Å². The number of esters is 1. The molecule has 150 valence electrons. The lowest BCUT2D eigenvalue weighted by Gasteiger charge is -2.09. The summed E-state index contributed by atoms with van der Waals surface area (Å²) >= 11 is 0. The molecule has 0 saturated carbocycles. The molecule has 0 atom stereocenters. The molecule has 0 unspecified atom stereocenters. The number of carbonyl (C=O) groups excluding carboxylic acids is 3. The van der Waals surface area contributed by atoms with E-state index in [1.807, 2.05) is 60.7 Å². The van der Waals surface area contributed by atoms with Gasteiger partial charge in [-0.1, -0.05) is 84.9 Å². The van der Waals surface area contributed by atoms with Crippen LogP contribution in [0.25, 0.3) is 17.2 Å². The molecule has 0 aliphatic heterocycles. The van der Waals surface area contributed by atoms with E-state index in [-0.39, 0.29) is 11.5 Å². The minimum atomic E-state index is -0.775. The Kier molecular flexibility index (Phi) is 6.90. The van der Waals surface area contributed by atoms with Gasteiger partial charge in [0.25, 0.3) is 0 Å². The van der Waals surface area contributed by atoms with Crippen molar-refractivity contribution in [2.24, 2.45) is 0 Å². The van der Waals surface area contributed by atoms with Crippen LogP contribution < -0.4 is 5.32 Å². The fraction of sp³-hybridized carbons (Fsp3) is 0.0800. The van der Waals surface area contributed by atoms with Crippen molar-refractivity contribution in [1.82, 2.24) is 5.32 Å². The minimum Gasteiger partial charge on any atom is -0.453 e. The Balaban J connectivity index is 1.65. The molecular weight excluding hydrogens is 378 g/mol. The largest absolute Gasteiger partial charge is 0.453 e. The second kappa shape index (κ2) is 9.98. The number of benzene rings is 3. The van der Waals surface area contributed by atoms with Crippen LogP contribution in [0.2, 0.25) is 0 Å². The van der Waals surface area contributed by atoms with Crippen LogP contribution in [0.1, 0.15) is 22.8 Å². The molecule has 3 aromatic rings. The fourth-order valence-electron chi connectivity index (χ4n) is 2.82. The maximum absolute atomic E-state index is 12.4. The van der Waals surface area contributed by atoms with E-state index in [1.165, 1.54) is 13.0 Å². The lowest BCUT2D eigenvalue weighted by molar-refractivity contribution is -0.139. The average molecular weight is 399 g/mol. The van der Waals surface area contributed by atoms with Crippen molar-refractivity contribution in [2.45, 2.75) is 6.92 Å². The molecular formula is C25H21NO4. The monoisotopic (exact) mass is 399 g/mol. The summed E-state index contributed by atoms with van der Waals surface area (Å²) in [5.74, 6) is -1.51. The highest BCUT2D eigenvalue weighted by molar-refractivity contribution is 6.01. The minimum absolute atomic E-state index is 0.0269. The predicted octanol–water partition coefficient (Wildman–Crippen LogP) is 4.26. The molecule has 0 aliphatic rings. The third kappa shape index (κ3) is 5.75. The van der Waals surface area contributed by atoms with Crippen LogP contribution in [0, 0.1) is 0 Å². The summed E-state index contributed by atoms with van der Waals surface area (Å²) in [6, 6.07) is 26.0. The zero-order valence-corrected chi connectivity index (χ0v) is 16.5. The summed E-state index contributed by atoms with van der Waals surface area (Å²) in [4.78, 5) is 36.2. The maximum atomic E-state index is 12.4. The molecule has 0 spiro atoms. The number of hydrogen-bond acceptors (Lipinski definition) is 4. The molecule has 30 heavy (non-hydrogen) atoms. The summed E-state index contributed by atoms with van der Waals surface area (Å²) in [6.07, 6.45) is 1.50. The Labute approximate surface area is 175 Å². The van der Waals surface area contributed by atoms with Crippen molar-refractivity contribution < 1.29 is 19.1 Å². The summed E-state index contributed by atoms with van der Waals surface area (Å²) in [7, 11) is 0. The second-order valence-electron chi connectivity index (χ2n) is 6.59. The number of nitrogens with one attached hydrogen (secondary N) is 1. The fourth-order valence-corrected chi connectivity index (χ4v) is 2.82. The molecule has 0 aromatic heterocycles. The van der Waals surface area contributed by atoms with Crippen molar-refractivity contribution in [2.75, 3.05) is 6.61 Å². The molecule has 0 bridgehead atoms. The first-order valence-electron chi connectivity index (χ1n) is 9.43. The van der Waals surface area contributed by atoms with Crippen molar-refractivity contribution in [3.8, 4) is 11.1 Å². The Morgan fingerprint density at radius 3 is 1.97 bits per heavy atom. The summed E-state index contributed by atoms with van der Waals surface area (Å²) in [5, 5.41) is 2.45. The van der Waals surface area contributed by atoms with Crippen molar-refractivity contribution in [1.29, 1.82) is 0 Å². The molecule has 1 N–H and O–H groups in total. The highest BCUT2D eigenvalue weighted by atomic mass is 16.5. The summed E-state index contributed by atoms with van der Waals surface area (Å²) in [5.41, 5.74) is 3.18. The summed E-state index contributed by atoms with van der Waals surface area (Å²) < 4.78 is 5.14. The normalized spacial score (nSPS) is 10.9. The van der Waals surface area contributed by atoms with Crippen molar-refractivity contribution >= 4 is 23.7 Å². The Morgan fingerprint density at radius 1 is 0.800 bits per heavy atom. The lowest BCUT2D eigenvalue weighted by Crippen LogP contribution is -2.27. The van der Waals surface area contributed by atoms with Gasteiger partial charge in [-0.2, -0.15) is 0 Å². The lowest BCUT2D eigenvalue weighted by atomic mass is 10.0. The quantitative estimate of drug-likeness (QED) is 0.366. The van der Waals surface area contributed by atoms with Gasteiger partial charge >= 0.3 is 5.97 Å². The van der Waals surface area contributed by atoms with Gasteiger partial charge in [-0.25, -0.2) is 4.79 Å². The van der Waals surface area contributed by atoms with E-state index < -0.39 is 18.5 Å². The second-order valence-corrected chi connectivity index (χ2v) is 6.59. The zero-order chi connectivity index (χ0) is 21.3. The van der Waals surface area contributed by atoms with Crippen LogP contribution >= 0.6 is 0 Å². The average Bonchev–Trinajstić information content (AvgIpc) is 2.78. The molecule has 5 heteroatoms. The first kappa shape index (κ1) is 20.7. The number of carbonyl (C=O) groups is 3. The van der Waals surface area contributed by atoms with Crippen LogP contribution in [0.5, 0.6) is 0 Å². The van der Waals surface area contributed by atoms with E-state index in [0.29, 0.717) is 5.56 Å². The highest BCUT2D eigenvalue weighted by Crippen LogP contribution is 2.19. The molecule has 5 nitrogen and oxygen atoms in total. The van der Waals surface area contributed by atoms with E-state index in [0.717, 1.165) is 16.7 Å². The van der Waals surface area contributed by atoms with Gasteiger partial charge in [0.15, 0.2) is 12.4 Å². The van der Waals surface area contributed by atoms with Gasteiger partial charge in [0.1, 0.15) is 5.70 Å². The number of hydrogen-bond donors (Lipinski definition) is 1. The van der Waals surface area contributed by atoms with E-state index in [1.54, 1.807) is 24.3 Å². The van der Waals surface area contributed by atoms with Crippen LogP contribution in [0.15, 0.2) is 90.6 Å². The molecule has 3 rings (SSSR count). The number of amides is 1. The first-order valence-corrected chi connectivity index (χ1v) is 9.43. The van der Waals surface area contributed by atoms with Crippen molar-refractivity contribution in [3.05, 3.63) is 102 Å². The molecule has 3 aromatic carbocycles. The van der Waals surface area contributed by atoms with Gasteiger partial charge < -0.3 is 10.1 Å². The Morgan fingerprint density at radius 2 is 1.37 bits per heavy atom. The zero-order valence-electron chi connectivity index (χ0n) is 16.5. The van der Waals surface area contributed by atoms with Gasteiger partial charge in [0.2, 0.25) is 5.91 Å². The predicted molar refractivity (Wildman–Crippen MR) is 115 cm³/mol. The van der Waals surface area contributed by atoms with Gasteiger partial charge in [-0.05, 0) is 22.8 Å². The van der Waals surface area contributed by atoms with Crippen molar-refractivity contribution in [3.63, 3.8) is 0 Å². The van der Waals surface area contributed by atoms with E-state index in [2.05, 4.69) is 5.32 Å². The molecule has 0 saturated heterocycles. The van der Waals surface area contributed by atoms with E-state index >= 15 is 0 Å². The summed E-state index contributed by atoms with van der Waals surface area (Å²) in [6.45, 7) is 0.876.